The molecule has 3 heterocycles. The highest BCUT2D eigenvalue weighted by molar-refractivity contribution is 7.16. The number of para-hydroxylation sites is 2. The molecule has 14 heteroatoms. The normalized spacial score (nSPS) is 12.1. The first-order valence-electron chi connectivity index (χ1n) is 15.9. The van der Waals surface area contributed by atoms with Gasteiger partial charge >= 0.3 is 5.97 Å². The van der Waals surface area contributed by atoms with E-state index in [2.05, 4.69) is 51.5 Å². The number of hydrogen-bond donors (Lipinski definition) is 0. The van der Waals surface area contributed by atoms with Crippen LogP contribution in [0.2, 0.25) is 25.7 Å². The van der Waals surface area contributed by atoms with Crippen LogP contribution in [-0.2, 0) is 22.6 Å². The van der Waals surface area contributed by atoms with E-state index in [-0.39, 0.29) is 24.7 Å². The lowest BCUT2D eigenvalue weighted by molar-refractivity contribution is 0.0519. The minimum absolute atomic E-state index is 0.199. The highest BCUT2D eigenvalue weighted by atomic mass is 32.1. The van der Waals surface area contributed by atoms with Crippen molar-refractivity contribution in [2.45, 2.75) is 59.1 Å². The largest absolute Gasteiger partial charge is 0.491 e. The van der Waals surface area contributed by atoms with Gasteiger partial charge in [0.15, 0.2) is 38.8 Å². The molecule has 0 aliphatic rings. The van der Waals surface area contributed by atoms with Crippen LogP contribution in [0.3, 0.4) is 0 Å². The lowest BCUT2D eigenvalue weighted by Gasteiger charge is -2.16. The van der Waals surface area contributed by atoms with Crippen molar-refractivity contribution < 1.29 is 23.4 Å². The first-order chi connectivity index (χ1) is 23.0. The Morgan fingerprint density at radius 3 is 2.58 bits per heavy atom. The van der Waals surface area contributed by atoms with E-state index in [9.17, 15) is 9.18 Å². The number of thiazole rings is 2. The van der Waals surface area contributed by atoms with Crippen molar-refractivity contribution >= 4 is 63.7 Å². The van der Waals surface area contributed by atoms with Crippen LogP contribution in [-0.4, -0.2) is 60.7 Å². The molecule has 2 aromatic carbocycles. The average molecular weight is 709 g/mol. The number of carbonyl (C=O) groups excluding carboxylic acids is 1. The van der Waals surface area contributed by atoms with E-state index < -0.39 is 19.9 Å². The standard InChI is InChI=1S/C34H41FN6O4S2Si/c1-7-44-32(42)30-28(17-12-18-45-26-15-10-8-13-24(26)35)47-33(36-30)40(3)29-21-23(2)31(39-38-29)37-34-41(22-43-19-20-48(4,5)6)25-14-9-11-16-27(25)46-34/h8-11,13-16,21H,7,12,17-20,22H2,1-6H3/b37-34-. The number of fused-ring (bicyclic) bond motifs is 1. The fourth-order valence-electron chi connectivity index (χ4n) is 4.68. The first-order valence-corrected chi connectivity index (χ1v) is 21.2. The first kappa shape index (κ1) is 35.3. The summed E-state index contributed by atoms with van der Waals surface area (Å²) in [6, 6.07) is 17.5. The summed E-state index contributed by atoms with van der Waals surface area (Å²) in [6.45, 7) is 12.4. The van der Waals surface area contributed by atoms with E-state index in [1.54, 1.807) is 41.4 Å². The molecule has 0 aliphatic heterocycles. The minimum atomic E-state index is -1.21. The maximum Gasteiger partial charge on any atom is 0.358 e. The van der Waals surface area contributed by atoms with Gasteiger partial charge in [0.2, 0.25) is 0 Å². The Kier molecular flexibility index (Phi) is 11.7. The third kappa shape index (κ3) is 8.92. The number of esters is 1. The number of benzene rings is 2. The predicted molar refractivity (Wildman–Crippen MR) is 192 cm³/mol. The van der Waals surface area contributed by atoms with Gasteiger partial charge in [0.05, 0.1) is 23.4 Å². The number of carbonyl (C=O) groups is 1. The molecule has 10 nitrogen and oxygen atoms in total. The second-order valence-corrected chi connectivity index (χ2v) is 20.1. The number of rotatable bonds is 15. The summed E-state index contributed by atoms with van der Waals surface area (Å²) in [5.74, 6) is 0.368. The van der Waals surface area contributed by atoms with Gasteiger partial charge in [-0.3, -0.25) is 4.57 Å². The zero-order chi connectivity index (χ0) is 34.3. The van der Waals surface area contributed by atoms with Gasteiger partial charge in [0.25, 0.3) is 0 Å². The molecule has 0 aliphatic carbocycles. The summed E-state index contributed by atoms with van der Waals surface area (Å²) in [4.78, 5) is 25.7. The number of aromatic nitrogens is 4. The molecule has 48 heavy (non-hydrogen) atoms. The number of halogens is 1. The quantitative estimate of drug-likeness (QED) is 0.0615. The number of nitrogens with zero attached hydrogens (tertiary/aromatic N) is 6. The van der Waals surface area contributed by atoms with Gasteiger partial charge in [-0.05, 0) is 68.6 Å². The molecule has 0 bridgehead atoms. The molecule has 0 radical (unpaired) electrons. The summed E-state index contributed by atoms with van der Waals surface area (Å²) in [6.07, 6.45) is 1.07. The van der Waals surface area contributed by atoms with Gasteiger partial charge in [0, 0.05) is 26.6 Å². The monoisotopic (exact) mass is 708 g/mol. The van der Waals surface area contributed by atoms with Crippen LogP contribution in [0.4, 0.5) is 21.2 Å². The van der Waals surface area contributed by atoms with E-state index in [1.165, 1.54) is 17.4 Å². The molecule has 5 aromatic rings. The Labute approximate surface area is 288 Å². The van der Waals surface area contributed by atoms with Crippen LogP contribution in [0.25, 0.3) is 10.2 Å². The third-order valence-corrected chi connectivity index (χ3v) is 11.3. The molecular weight excluding hydrogens is 668 g/mol. The Morgan fingerprint density at radius 2 is 1.83 bits per heavy atom. The Balaban J connectivity index is 1.35. The Bertz CT molecular complexity index is 1940. The van der Waals surface area contributed by atoms with E-state index in [4.69, 9.17) is 19.2 Å². The van der Waals surface area contributed by atoms with Crippen LogP contribution >= 0.6 is 22.7 Å². The van der Waals surface area contributed by atoms with Crippen LogP contribution in [0.5, 0.6) is 5.75 Å². The van der Waals surface area contributed by atoms with E-state index >= 15 is 0 Å². The van der Waals surface area contributed by atoms with Crippen LogP contribution in [0, 0.1) is 12.7 Å². The molecule has 0 amide bonds. The Morgan fingerprint density at radius 1 is 1.06 bits per heavy atom. The van der Waals surface area contributed by atoms with Gasteiger partial charge < -0.3 is 19.1 Å². The van der Waals surface area contributed by atoms with Crippen molar-refractivity contribution in [3.8, 4) is 5.75 Å². The predicted octanol–water partition coefficient (Wildman–Crippen LogP) is 7.90. The molecule has 0 N–H and O–H groups in total. The minimum Gasteiger partial charge on any atom is -0.491 e. The molecule has 254 valence electrons. The zero-order valence-electron chi connectivity index (χ0n) is 28.2. The number of hydrogen-bond acceptors (Lipinski definition) is 11. The van der Waals surface area contributed by atoms with Crippen molar-refractivity contribution in [1.82, 2.24) is 19.7 Å². The summed E-state index contributed by atoms with van der Waals surface area (Å²) in [7, 11) is 0.623. The van der Waals surface area contributed by atoms with Crippen molar-refractivity contribution in [3.05, 3.63) is 81.4 Å². The third-order valence-electron chi connectivity index (χ3n) is 7.38. The molecule has 0 saturated carbocycles. The number of ether oxygens (including phenoxy) is 3. The molecule has 3 aromatic heterocycles. The lowest BCUT2D eigenvalue weighted by Crippen LogP contribution is -2.23. The summed E-state index contributed by atoms with van der Waals surface area (Å²) in [5.41, 5.74) is 2.16. The van der Waals surface area contributed by atoms with E-state index in [0.717, 1.165) is 31.5 Å². The summed E-state index contributed by atoms with van der Waals surface area (Å²) < 4.78 is 34.1. The van der Waals surface area contributed by atoms with Crippen molar-refractivity contribution in [2.75, 3.05) is 31.8 Å². The topological polar surface area (TPSA) is 104 Å². The van der Waals surface area contributed by atoms with E-state index in [1.807, 2.05) is 32.2 Å². The molecule has 0 unspecified atom stereocenters. The summed E-state index contributed by atoms with van der Waals surface area (Å²) in [5, 5.41) is 9.54. The van der Waals surface area contributed by atoms with Crippen molar-refractivity contribution in [1.29, 1.82) is 0 Å². The molecule has 0 spiro atoms. The molecule has 0 fully saturated rings. The lowest BCUT2D eigenvalue weighted by atomic mass is 10.2. The van der Waals surface area contributed by atoms with Crippen molar-refractivity contribution in [2.24, 2.45) is 4.99 Å². The fraction of sp³-hybridized carbons (Fsp3) is 0.382. The van der Waals surface area contributed by atoms with Gasteiger partial charge in [-0.1, -0.05) is 55.2 Å². The van der Waals surface area contributed by atoms with Crippen LogP contribution < -0.4 is 14.4 Å². The van der Waals surface area contributed by atoms with Crippen LogP contribution in [0.1, 0.15) is 34.3 Å². The molecule has 0 atom stereocenters. The Hall–Kier alpha value is -3.98. The highest BCUT2D eigenvalue weighted by Crippen LogP contribution is 2.32. The fourth-order valence-corrected chi connectivity index (χ4v) is 7.52. The van der Waals surface area contributed by atoms with E-state index in [0.29, 0.717) is 42.9 Å². The van der Waals surface area contributed by atoms with Gasteiger partial charge in [-0.15, -0.1) is 21.5 Å². The van der Waals surface area contributed by atoms with Gasteiger partial charge in [-0.2, -0.15) is 4.99 Å². The second kappa shape index (κ2) is 15.9. The summed E-state index contributed by atoms with van der Waals surface area (Å²) >= 11 is 2.96. The molecule has 5 rings (SSSR count). The number of anilines is 2. The molecular formula is C34H41FN6O4S2Si. The average Bonchev–Trinajstić information content (AvgIpc) is 3.64. The molecule has 0 saturated heterocycles. The van der Waals surface area contributed by atoms with Gasteiger partial charge in [-0.25, -0.2) is 14.2 Å². The smallest absolute Gasteiger partial charge is 0.358 e. The maximum atomic E-state index is 13.9. The SMILES string of the molecule is CCOC(=O)c1nc(N(C)c2cc(C)c(/N=c3\sc4ccccc4n3COCC[Si](C)(C)C)nn2)sc1CCCOc1ccccc1F. The van der Waals surface area contributed by atoms with Crippen LogP contribution in [0.15, 0.2) is 59.6 Å². The van der Waals surface area contributed by atoms with Gasteiger partial charge in [0.1, 0.15) is 6.73 Å². The number of aryl methyl sites for hydroxylation is 2. The zero-order valence-corrected chi connectivity index (χ0v) is 30.8. The van der Waals surface area contributed by atoms with Crippen molar-refractivity contribution in [3.63, 3.8) is 0 Å². The second-order valence-electron chi connectivity index (χ2n) is 12.4. The highest BCUT2D eigenvalue weighted by Gasteiger charge is 2.23. The maximum absolute atomic E-state index is 13.9.